The Bertz CT molecular complexity index is 499. The molecule has 1 atom stereocenters. The second kappa shape index (κ2) is 4.78. The van der Waals surface area contributed by atoms with Crippen LogP contribution in [0.1, 0.15) is 39.7 Å². The van der Waals surface area contributed by atoms with E-state index in [9.17, 15) is 0 Å². The fraction of sp³-hybridized carbons (Fsp3) is 0.500. The Morgan fingerprint density at radius 1 is 1.18 bits per heavy atom. The summed E-state index contributed by atoms with van der Waals surface area (Å²) in [5.74, 6) is 1.36. The van der Waals surface area contributed by atoms with Gasteiger partial charge in [0, 0.05) is 6.04 Å². The Labute approximate surface area is 103 Å². The summed E-state index contributed by atoms with van der Waals surface area (Å²) < 4.78 is 2.15. The minimum atomic E-state index is 0.407. The molecule has 0 spiro atoms. The molecule has 1 heterocycles. The van der Waals surface area contributed by atoms with Crippen LogP contribution in [0.2, 0.25) is 0 Å². The van der Waals surface area contributed by atoms with Crippen molar-refractivity contribution in [2.45, 2.75) is 39.7 Å². The Morgan fingerprint density at radius 3 is 2.59 bits per heavy atom. The van der Waals surface area contributed by atoms with E-state index in [1.165, 1.54) is 6.42 Å². The lowest BCUT2D eigenvalue weighted by Gasteiger charge is -2.17. The highest BCUT2D eigenvalue weighted by atomic mass is 15.2. The standard InChI is InChI=1S/C14H21N3/c1-10(2)8-9-11(3)17-13-7-5-4-6-12(13)16-14(17)15/h4-7,10-11H,8-9H2,1-3H3,(H2,15,16). The number of aromatic nitrogens is 2. The van der Waals surface area contributed by atoms with Crippen LogP contribution in [-0.4, -0.2) is 9.55 Å². The topological polar surface area (TPSA) is 43.8 Å². The van der Waals surface area contributed by atoms with Gasteiger partial charge in [0.2, 0.25) is 5.95 Å². The highest BCUT2D eigenvalue weighted by Gasteiger charge is 2.13. The third kappa shape index (κ3) is 2.43. The Kier molecular flexibility index (Phi) is 3.36. The summed E-state index contributed by atoms with van der Waals surface area (Å²) in [4.78, 5) is 4.40. The smallest absolute Gasteiger partial charge is 0.201 e. The van der Waals surface area contributed by atoms with E-state index < -0.39 is 0 Å². The fourth-order valence-electron chi connectivity index (χ4n) is 2.23. The molecule has 1 aromatic carbocycles. The minimum absolute atomic E-state index is 0.407. The van der Waals surface area contributed by atoms with Gasteiger partial charge in [0.05, 0.1) is 11.0 Å². The van der Waals surface area contributed by atoms with Crippen LogP contribution in [0.4, 0.5) is 5.95 Å². The summed E-state index contributed by atoms with van der Waals surface area (Å²) in [7, 11) is 0. The number of nitrogen functional groups attached to an aromatic ring is 1. The number of imidazole rings is 1. The molecule has 2 N–H and O–H groups in total. The quantitative estimate of drug-likeness (QED) is 0.873. The van der Waals surface area contributed by atoms with E-state index in [4.69, 9.17) is 5.73 Å². The van der Waals surface area contributed by atoms with E-state index in [-0.39, 0.29) is 0 Å². The molecule has 0 aliphatic carbocycles. The summed E-state index contributed by atoms with van der Waals surface area (Å²) >= 11 is 0. The largest absolute Gasteiger partial charge is 0.369 e. The highest BCUT2D eigenvalue weighted by molar-refractivity contribution is 5.78. The Balaban J connectivity index is 2.30. The molecule has 0 aliphatic rings. The molecule has 2 aromatic rings. The summed E-state index contributed by atoms with van der Waals surface area (Å²) in [5.41, 5.74) is 8.14. The summed E-state index contributed by atoms with van der Waals surface area (Å²) in [6, 6.07) is 8.54. The van der Waals surface area contributed by atoms with Gasteiger partial charge in [-0.3, -0.25) is 0 Å². The maximum absolute atomic E-state index is 6.01. The molecule has 1 unspecified atom stereocenters. The zero-order valence-electron chi connectivity index (χ0n) is 10.9. The number of benzene rings is 1. The van der Waals surface area contributed by atoms with E-state index in [1.54, 1.807) is 0 Å². The van der Waals surface area contributed by atoms with Gasteiger partial charge in [-0.05, 0) is 37.8 Å². The maximum atomic E-state index is 6.01. The van der Waals surface area contributed by atoms with Crippen LogP contribution in [0, 0.1) is 5.92 Å². The third-order valence-corrected chi connectivity index (χ3v) is 3.23. The van der Waals surface area contributed by atoms with E-state index in [2.05, 4.69) is 36.4 Å². The molecule has 1 aromatic heterocycles. The first-order chi connectivity index (χ1) is 8.09. The van der Waals surface area contributed by atoms with Crippen molar-refractivity contribution in [1.29, 1.82) is 0 Å². The van der Waals surface area contributed by atoms with Crippen molar-refractivity contribution in [3.05, 3.63) is 24.3 Å². The maximum Gasteiger partial charge on any atom is 0.201 e. The van der Waals surface area contributed by atoms with Gasteiger partial charge in [0.15, 0.2) is 0 Å². The zero-order valence-corrected chi connectivity index (χ0v) is 10.9. The second-order valence-electron chi connectivity index (χ2n) is 5.15. The van der Waals surface area contributed by atoms with Crippen molar-refractivity contribution < 1.29 is 0 Å². The molecule has 0 amide bonds. The van der Waals surface area contributed by atoms with Crippen LogP contribution >= 0.6 is 0 Å². The number of fused-ring (bicyclic) bond motifs is 1. The van der Waals surface area contributed by atoms with Gasteiger partial charge in [0.25, 0.3) is 0 Å². The molecule has 0 saturated carbocycles. The van der Waals surface area contributed by atoms with Gasteiger partial charge in [-0.2, -0.15) is 0 Å². The third-order valence-electron chi connectivity index (χ3n) is 3.23. The summed E-state index contributed by atoms with van der Waals surface area (Å²) in [6.07, 6.45) is 2.36. The number of hydrogen-bond donors (Lipinski definition) is 1. The number of nitrogens with two attached hydrogens (primary N) is 1. The second-order valence-corrected chi connectivity index (χ2v) is 5.15. The van der Waals surface area contributed by atoms with Crippen LogP contribution in [0.5, 0.6) is 0 Å². The predicted molar refractivity (Wildman–Crippen MR) is 72.9 cm³/mol. The van der Waals surface area contributed by atoms with Crippen LogP contribution in [0.25, 0.3) is 11.0 Å². The Morgan fingerprint density at radius 2 is 1.88 bits per heavy atom. The molecule has 0 aliphatic heterocycles. The van der Waals surface area contributed by atoms with Gasteiger partial charge < -0.3 is 10.3 Å². The first kappa shape index (κ1) is 12.0. The minimum Gasteiger partial charge on any atom is -0.369 e. The molecule has 17 heavy (non-hydrogen) atoms. The average Bonchev–Trinajstić information content (AvgIpc) is 2.61. The normalized spacial score (nSPS) is 13.4. The lowest BCUT2D eigenvalue weighted by Crippen LogP contribution is -2.09. The molecule has 3 heteroatoms. The summed E-state index contributed by atoms with van der Waals surface area (Å²) in [6.45, 7) is 6.72. The van der Waals surface area contributed by atoms with Crippen molar-refractivity contribution in [2.24, 2.45) is 5.92 Å². The van der Waals surface area contributed by atoms with E-state index in [0.717, 1.165) is 23.4 Å². The molecular formula is C14H21N3. The molecule has 0 radical (unpaired) electrons. The van der Waals surface area contributed by atoms with Crippen molar-refractivity contribution in [3.63, 3.8) is 0 Å². The van der Waals surface area contributed by atoms with Gasteiger partial charge in [-0.15, -0.1) is 0 Å². The molecule has 92 valence electrons. The van der Waals surface area contributed by atoms with Crippen molar-refractivity contribution in [1.82, 2.24) is 9.55 Å². The molecule has 0 bridgehead atoms. The monoisotopic (exact) mass is 231 g/mol. The van der Waals surface area contributed by atoms with E-state index in [1.807, 2.05) is 18.2 Å². The number of anilines is 1. The Hall–Kier alpha value is -1.51. The zero-order chi connectivity index (χ0) is 12.4. The SMILES string of the molecule is CC(C)CCC(C)n1c(N)nc2ccccc21. The highest BCUT2D eigenvalue weighted by Crippen LogP contribution is 2.26. The van der Waals surface area contributed by atoms with Gasteiger partial charge in [-0.1, -0.05) is 26.0 Å². The van der Waals surface area contributed by atoms with Crippen LogP contribution in [-0.2, 0) is 0 Å². The first-order valence-corrected chi connectivity index (χ1v) is 6.32. The van der Waals surface area contributed by atoms with Crippen molar-refractivity contribution >= 4 is 17.0 Å². The lowest BCUT2D eigenvalue weighted by molar-refractivity contribution is 0.450. The van der Waals surface area contributed by atoms with Crippen LogP contribution in [0.15, 0.2) is 24.3 Å². The lowest BCUT2D eigenvalue weighted by atomic mass is 10.0. The van der Waals surface area contributed by atoms with Crippen LogP contribution in [0.3, 0.4) is 0 Å². The van der Waals surface area contributed by atoms with Crippen molar-refractivity contribution in [3.8, 4) is 0 Å². The van der Waals surface area contributed by atoms with Crippen LogP contribution < -0.4 is 5.73 Å². The molecule has 0 saturated heterocycles. The molecule has 2 rings (SSSR count). The number of hydrogen-bond acceptors (Lipinski definition) is 2. The van der Waals surface area contributed by atoms with Gasteiger partial charge in [0.1, 0.15) is 0 Å². The average molecular weight is 231 g/mol. The molecular weight excluding hydrogens is 210 g/mol. The first-order valence-electron chi connectivity index (χ1n) is 6.32. The number of para-hydroxylation sites is 2. The number of nitrogens with zero attached hydrogens (tertiary/aromatic N) is 2. The van der Waals surface area contributed by atoms with Crippen molar-refractivity contribution in [2.75, 3.05) is 5.73 Å². The predicted octanol–water partition coefficient (Wildman–Crippen LogP) is 3.62. The van der Waals surface area contributed by atoms with E-state index >= 15 is 0 Å². The fourth-order valence-corrected chi connectivity index (χ4v) is 2.23. The van der Waals surface area contributed by atoms with Gasteiger partial charge in [-0.25, -0.2) is 4.98 Å². The summed E-state index contributed by atoms with van der Waals surface area (Å²) in [5, 5.41) is 0. The molecule has 3 nitrogen and oxygen atoms in total. The molecule has 0 fully saturated rings. The number of rotatable bonds is 4. The van der Waals surface area contributed by atoms with Gasteiger partial charge >= 0.3 is 0 Å². The van der Waals surface area contributed by atoms with E-state index in [0.29, 0.717) is 12.0 Å².